The quantitative estimate of drug-likeness (QED) is 0.532. The van der Waals surface area contributed by atoms with Crippen molar-refractivity contribution in [2.45, 2.75) is 37.7 Å². The largest absolute Gasteiger partial charge is 0.468 e. The van der Waals surface area contributed by atoms with E-state index >= 15 is 0 Å². The fourth-order valence-corrected chi connectivity index (χ4v) is 5.11. The summed E-state index contributed by atoms with van der Waals surface area (Å²) in [7, 11) is 0. The zero-order chi connectivity index (χ0) is 22.0. The third-order valence-corrected chi connectivity index (χ3v) is 6.61. The highest BCUT2D eigenvalue weighted by atomic mass is 79.9. The Labute approximate surface area is 190 Å². The smallest absolute Gasteiger partial charge is 0.373 e. The van der Waals surface area contributed by atoms with Gasteiger partial charge in [-0.1, -0.05) is 58.4 Å². The van der Waals surface area contributed by atoms with Gasteiger partial charge in [-0.05, 0) is 49.1 Å². The average molecular weight is 485 g/mol. The maximum absolute atomic E-state index is 13.2. The summed E-state index contributed by atoms with van der Waals surface area (Å²) < 4.78 is 17.7. The summed E-state index contributed by atoms with van der Waals surface area (Å²) in [6.45, 7) is 3.99. The van der Waals surface area contributed by atoms with Crippen molar-refractivity contribution >= 4 is 27.9 Å². The molecule has 1 aliphatic carbocycles. The molecule has 1 fully saturated rings. The summed E-state index contributed by atoms with van der Waals surface area (Å²) in [5, 5.41) is 0. The van der Waals surface area contributed by atoms with Crippen LogP contribution >= 0.6 is 15.9 Å². The van der Waals surface area contributed by atoms with Gasteiger partial charge in [0.2, 0.25) is 11.4 Å². The Morgan fingerprint density at radius 3 is 2.32 bits per heavy atom. The highest BCUT2D eigenvalue weighted by Crippen LogP contribution is 2.60. The lowest BCUT2D eigenvalue weighted by molar-refractivity contribution is -0.169. The molecule has 1 saturated carbocycles. The summed E-state index contributed by atoms with van der Waals surface area (Å²) in [5.74, 6) is -1.27. The van der Waals surface area contributed by atoms with Crippen LogP contribution in [-0.4, -0.2) is 30.8 Å². The number of carbonyl (C=O) groups is 2. The van der Waals surface area contributed by atoms with E-state index in [-0.39, 0.29) is 36.7 Å². The summed E-state index contributed by atoms with van der Waals surface area (Å²) in [4.78, 5) is 25.7. The lowest BCUT2D eigenvalue weighted by Crippen LogP contribution is -2.43. The van der Waals surface area contributed by atoms with Gasteiger partial charge in [-0.2, -0.15) is 0 Å². The number of fused-ring (bicyclic) bond motifs is 1. The number of rotatable bonds is 6. The van der Waals surface area contributed by atoms with E-state index in [1.165, 1.54) is 0 Å². The molecule has 0 aromatic heterocycles. The Balaban J connectivity index is 1.83. The van der Waals surface area contributed by atoms with Crippen LogP contribution in [0.4, 0.5) is 0 Å². The Kier molecular flexibility index (Phi) is 6.19. The Morgan fingerprint density at radius 1 is 1.00 bits per heavy atom. The molecule has 1 heterocycles. The molecule has 2 aliphatic rings. The van der Waals surface area contributed by atoms with Gasteiger partial charge in [0.15, 0.2) is 0 Å². The van der Waals surface area contributed by atoms with Crippen LogP contribution in [0.15, 0.2) is 70.9 Å². The normalized spacial score (nSPS) is 26.5. The molecule has 0 spiro atoms. The predicted molar refractivity (Wildman–Crippen MR) is 119 cm³/mol. The van der Waals surface area contributed by atoms with E-state index in [4.69, 9.17) is 14.2 Å². The first-order chi connectivity index (χ1) is 15.0. The molecule has 0 bridgehead atoms. The standard InChI is InChI=1S/C25H25BrO5/c1-3-29-23(27)21-14-20-22(17-8-6-5-7-9-17)19(16-10-12-18(26)13-11-16)15-25(20,31-21)24(28)30-4-2/h5-14,19-20,22H,3-4,15H2,1-2H3/t19-,20?,22-,25-/m0/s1. The fraction of sp³-hybridized carbons (Fsp3) is 0.360. The molecule has 1 aliphatic heterocycles. The first-order valence-corrected chi connectivity index (χ1v) is 11.3. The van der Waals surface area contributed by atoms with Gasteiger partial charge >= 0.3 is 11.9 Å². The van der Waals surface area contributed by atoms with Gasteiger partial charge in [0.25, 0.3) is 0 Å². The van der Waals surface area contributed by atoms with Crippen molar-refractivity contribution < 1.29 is 23.8 Å². The first kappa shape index (κ1) is 21.6. The summed E-state index contributed by atoms with van der Waals surface area (Å²) in [6, 6.07) is 18.2. The van der Waals surface area contributed by atoms with Gasteiger partial charge in [-0.15, -0.1) is 0 Å². The van der Waals surface area contributed by atoms with Crippen molar-refractivity contribution in [3.63, 3.8) is 0 Å². The molecule has 5 nitrogen and oxygen atoms in total. The summed E-state index contributed by atoms with van der Waals surface area (Å²) in [5.41, 5.74) is 0.956. The van der Waals surface area contributed by atoms with E-state index in [1.807, 2.05) is 30.3 Å². The van der Waals surface area contributed by atoms with Gasteiger partial charge < -0.3 is 14.2 Å². The van der Waals surface area contributed by atoms with E-state index < -0.39 is 17.5 Å². The SMILES string of the molecule is CCOC(=O)C1=CC2[C@@H](c3ccccc3)[C@H](c3ccc(Br)cc3)C[C@]2(C(=O)OCC)O1. The lowest BCUT2D eigenvalue weighted by Gasteiger charge is -2.28. The van der Waals surface area contributed by atoms with Crippen LogP contribution in [0, 0.1) is 5.92 Å². The molecule has 4 rings (SSSR count). The van der Waals surface area contributed by atoms with Crippen molar-refractivity contribution in [2.24, 2.45) is 5.92 Å². The zero-order valence-electron chi connectivity index (χ0n) is 17.5. The number of ether oxygens (including phenoxy) is 3. The molecule has 0 saturated heterocycles. The molecule has 4 atom stereocenters. The van der Waals surface area contributed by atoms with Gasteiger partial charge in [0, 0.05) is 22.7 Å². The van der Waals surface area contributed by atoms with Gasteiger partial charge in [-0.25, -0.2) is 9.59 Å². The van der Waals surface area contributed by atoms with Crippen molar-refractivity contribution in [3.05, 3.63) is 82.0 Å². The second-order valence-electron chi connectivity index (χ2n) is 7.79. The minimum atomic E-state index is -1.25. The molecule has 0 amide bonds. The Morgan fingerprint density at radius 2 is 1.68 bits per heavy atom. The first-order valence-electron chi connectivity index (χ1n) is 10.6. The van der Waals surface area contributed by atoms with E-state index in [0.717, 1.165) is 15.6 Å². The van der Waals surface area contributed by atoms with Crippen LogP contribution in [-0.2, 0) is 23.8 Å². The number of benzene rings is 2. The monoisotopic (exact) mass is 484 g/mol. The molecular formula is C25H25BrO5. The average Bonchev–Trinajstić information content (AvgIpc) is 3.30. The summed E-state index contributed by atoms with van der Waals surface area (Å²) in [6.07, 6.45) is 2.18. The molecule has 0 N–H and O–H groups in total. The van der Waals surface area contributed by atoms with Crippen LogP contribution in [0.1, 0.15) is 43.2 Å². The zero-order valence-corrected chi connectivity index (χ0v) is 19.1. The second kappa shape index (κ2) is 8.87. The number of esters is 2. The van der Waals surface area contributed by atoms with Crippen molar-refractivity contribution in [1.82, 2.24) is 0 Å². The molecule has 31 heavy (non-hydrogen) atoms. The highest BCUT2D eigenvalue weighted by Gasteiger charge is 2.64. The molecular weight excluding hydrogens is 460 g/mol. The molecule has 6 heteroatoms. The van der Waals surface area contributed by atoms with Gasteiger partial charge in [0.05, 0.1) is 13.2 Å². The maximum atomic E-state index is 13.2. The molecule has 2 aromatic carbocycles. The third kappa shape index (κ3) is 3.89. The van der Waals surface area contributed by atoms with Crippen molar-refractivity contribution in [3.8, 4) is 0 Å². The van der Waals surface area contributed by atoms with E-state index in [2.05, 4.69) is 40.2 Å². The minimum Gasteiger partial charge on any atom is -0.468 e. The van der Waals surface area contributed by atoms with Crippen LogP contribution in [0.25, 0.3) is 0 Å². The number of hydrogen-bond acceptors (Lipinski definition) is 5. The Bertz CT molecular complexity index is 985. The van der Waals surface area contributed by atoms with Crippen LogP contribution in [0.5, 0.6) is 0 Å². The lowest BCUT2D eigenvalue weighted by atomic mass is 9.78. The number of hydrogen-bond donors (Lipinski definition) is 0. The van der Waals surface area contributed by atoms with Gasteiger partial charge in [0.1, 0.15) is 0 Å². The Hall–Kier alpha value is -2.60. The fourth-order valence-electron chi connectivity index (χ4n) is 4.85. The van der Waals surface area contributed by atoms with E-state index in [1.54, 1.807) is 19.9 Å². The van der Waals surface area contributed by atoms with E-state index in [9.17, 15) is 9.59 Å². The minimum absolute atomic E-state index is 0.0184. The second-order valence-corrected chi connectivity index (χ2v) is 8.70. The van der Waals surface area contributed by atoms with Gasteiger partial charge in [-0.3, -0.25) is 0 Å². The van der Waals surface area contributed by atoms with Crippen molar-refractivity contribution in [2.75, 3.05) is 13.2 Å². The van der Waals surface area contributed by atoms with E-state index in [0.29, 0.717) is 6.42 Å². The predicted octanol–water partition coefficient (Wildman–Crippen LogP) is 5.12. The van der Waals surface area contributed by atoms with Crippen molar-refractivity contribution in [1.29, 1.82) is 0 Å². The molecule has 1 unspecified atom stereocenters. The number of carbonyl (C=O) groups excluding carboxylic acids is 2. The highest BCUT2D eigenvalue weighted by molar-refractivity contribution is 9.10. The molecule has 2 aromatic rings. The maximum Gasteiger partial charge on any atom is 0.373 e. The van der Waals surface area contributed by atoms with Crippen LogP contribution in [0.3, 0.4) is 0 Å². The van der Waals surface area contributed by atoms with Crippen LogP contribution in [0.2, 0.25) is 0 Å². The summed E-state index contributed by atoms with van der Waals surface area (Å²) >= 11 is 3.50. The molecule has 0 radical (unpaired) electrons. The third-order valence-electron chi connectivity index (χ3n) is 6.09. The van der Waals surface area contributed by atoms with Crippen LogP contribution < -0.4 is 0 Å². The topological polar surface area (TPSA) is 61.8 Å². The molecule has 162 valence electrons. The number of halogens is 1.